The predicted molar refractivity (Wildman–Crippen MR) is 131 cm³/mol. The molecule has 0 bridgehead atoms. The molecule has 14 heteroatoms. The van der Waals surface area contributed by atoms with Gasteiger partial charge in [0.2, 0.25) is 0 Å². The summed E-state index contributed by atoms with van der Waals surface area (Å²) in [5, 5.41) is 4.91. The van der Waals surface area contributed by atoms with E-state index in [4.69, 9.17) is 16.3 Å². The van der Waals surface area contributed by atoms with Gasteiger partial charge in [-0.3, -0.25) is 9.78 Å². The SMILES string of the molecule is COc1ncc(-c2c(-c3ccc(Cl)cc3)c(=O)n(C)n3c(=O)n(Cc4ccc(C(F)(F)F)nc4)nc23)cn1. The Morgan fingerprint density at radius 2 is 1.61 bits per heavy atom. The average Bonchev–Trinajstić information content (AvgIpc) is 3.22. The highest BCUT2D eigenvalue weighted by atomic mass is 35.5. The third-order valence-electron chi connectivity index (χ3n) is 5.78. The number of nitrogens with zero attached hydrogens (tertiary/aromatic N) is 7. The molecule has 4 heterocycles. The van der Waals surface area contributed by atoms with Gasteiger partial charge in [0.25, 0.3) is 5.56 Å². The summed E-state index contributed by atoms with van der Waals surface area (Å²) >= 11 is 6.05. The lowest BCUT2D eigenvalue weighted by atomic mass is 9.98. The number of aromatic nitrogens is 7. The average molecular weight is 544 g/mol. The van der Waals surface area contributed by atoms with Gasteiger partial charge in [-0.2, -0.15) is 17.7 Å². The molecule has 0 unspecified atom stereocenters. The zero-order valence-electron chi connectivity index (χ0n) is 19.8. The van der Waals surface area contributed by atoms with Crippen molar-refractivity contribution < 1.29 is 17.9 Å². The molecule has 0 N–H and O–H groups in total. The molecule has 0 aliphatic carbocycles. The second kappa shape index (κ2) is 9.41. The summed E-state index contributed by atoms with van der Waals surface area (Å²) in [6, 6.07) is 8.69. The van der Waals surface area contributed by atoms with Gasteiger partial charge in [0.1, 0.15) is 5.69 Å². The maximum absolute atomic E-state index is 13.6. The zero-order valence-corrected chi connectivity index (χ0v) is 20.5. The minimum atomic E-state index is -4.59. The first kappa shape index (κ1) is 25.1. The maximum atomic E-state index is 13.6. The van der Waals surface area contributed by atoms with E-state index < -0.39 is 23.1 Å². The van der Waals surface area contributed by atoms with E-state index in [1.165, 1.54) is 32.6 Å². The fourth-order valence-electron chi connectivity index (χ4n) is 3.97. The second-order valence-electron chi connectivity index (χ2n) is 8.17. The largest absolute Gasteiger partial charge is 0.467 e. The quantitative estimate of drug-likeness (QED) is 0.334. The molecule has 0 spiro atoms. The van der Waals surface area contributed by atoms with E-state index in [2.05, 4.69) is 20.1 Å². The Kier molecular flexibility index (Phi) is 6.23. The van der Waals surface area contributed by atoms with E-state index in [-0.39, 0.29) is 29.3 Å². The highest BCUT2D eigenvalue weighted by Crippen LogP contribution is 2.32. The highest BCUT2D eigenvalue weighted by Gasteiger charge is 2.32. The molecule has 194 valence electrons. The summed E-state index contributed by atoms with van der Waals surface area (Å²) < 4.78 is 46.9. The predicted octanol–water partition coefficient (Wildman–Crippen LogP) is 3.44. The second-order valence-corrected chi connectivity index (χ2v) is 8.61. The summed E-state index contributed by atoms with van der Waals surface area (Å²) in [7, 11) is 2.82. The van der Waals surface area contributed by atoms with Crippen LogP contribution in [-0.2, 0) is 19.8 Å². The smallest absolute Gasteiger partial charge is 0.433 e. The number of alkyl halides is 3. The molecule has 5 aromatic rings. The van der Waals surface area contributed by atoms with Crippen LogP contribution in [0.5, 0.6) is 6.01 Å². The first-order valence-electron chi connectivity index (χ1n) is 11.0. The normalized spacial score (nSPS) is 11.7. The summed E-state index contributed by atoms with van der Waals surface area (Å²) in [6.45, 7) is -0.186. The van der Waals surface area contributed by atoms with Crippen molar-refractivity contribution in [3.63, 3.8) is 0 Å². The minimum absolute atomic E-state index is 0.0966. The van der Waals surface area contributed by atoms with Crippen LogP contribution in [-0.4, -0.2) is 41.0 Å². The fourth-order valence-corrected chi connectivity index (χ4v) is 4.09. The van der Waals surface area contributed by atoms with Crippen molar-refractivity contribution in [2.75, 3.05) is 7.11 Å². The molecule has 38 heavy (non-hydrogen) atoms. The van der Waals surface area contributed by atoms with Gasteiger partial charge in [-0.15, -0.1) is 5.10 Å². The van der Waals surface area contributed by atoms with Crippen LogP contribution < -0.4 is 16.0 Å². The standard InChI is InChI=1S/C24H17ClF3N7O3/c1-33-21(36)19(14-4-6-16(25)7-5-14)18(15-10-30-22(38-2)31-11-15)20-32-34(23(37)35(20)33)12-13-3-8-17(29-9-13)24(26,27)28/h3-11H,12H2,1-2H3. The Balaban J connectivity index is 1.75. The van der Waals surface area contributed by atoms with Gasteiger partial charge < -0.3 is 4.74 Å². The Morgan fingerprint density at radius 1 is 0.921 bits per heavy atom. The molecule has 5 rings (SSSR count). The van der Waals surface area contributed by atoms with Crippen molar-refractivity contribution in [1.82, 2.24) is 33.9 Å². The third kappa shape index (κ3) is 4.41. The number of methoxy groups -OCH3 is 1. The zero-order chi connectivity index (χ0) is 27.2. The number of aryl methyl sites for hydroxylation is 1. The first-order chi connectivity index (χ1) is 18.1. The highest BCUT2D eigenvalue weighted by molar-refractivity contribution is 6.30. The molecule has 10 nitrogen and oxygen atoms in total. The van der Waals surface area contributed by atoms with Crippen LogP contribution in [0, 0.1) is 0 Å². The number of hydrogen-bond acceptors (Lipinski definition) is 7. The molecule has 0 aliphatic rings. The van der Waals surface area contributed by atoms with E-state index in [9.17, 15) is 22.8 Å². The van der Waals surface area contributed by atoms with Crippen LogP contribution in [0.1, 0.15) is 11.3 Å². The molecular weight excluding hydrogens is 527 g/mol. The van der Waals surface area contributed by atoms with Crippen molar-refractivity contribution in [1.29, 1.82) is 0 Å². The van der Waals surface area contributed by atoms with Gasteiger partial charge in [-0.05, 0) is 29.3 Å². The lowest BCUT2D eigenvalue weighted by Gasteiger charge is -2.13. The Hall–Kier alpha value is -4.52. The van der Waals surface area contributed by atoms with Crippen LogP contribution in [0.4, 0.5) is 13.2 Å². The van der Waals surface area contributed by atoms with Gasteiger partial charge in [0.05, 0.1) is 19.2 Å². The minimum Gasteiger partial charge on any atom is -0.467 e. The summed E-state index contributed by atoms with van der Waals surface area (Å²) in [4.78, 5) is 38.6. The molecule has 0 saturated heterocycles. The van der Waals surface area contributed by atoms with Gasteiger partial charge >= 0.3 is 17.9 Å². The first-order valence-corrected chi connectivity index (χ1v) is 11.3. The molecule has 0 atom stereocenters. The number of benzene rings is 1. The topological polar surface area (TPSA) is 109 Å². The Bertz CT molecular complexity index is 1760. The number of hydrogen-bond donors (Lipinski definition) is 0. The number of pyridine rings is 1. The summed E-state index contributed by atoms with van der Waals surface area (Å²) in [5.41, 5.74) is -0.444. The summed E-state index contributed by atoms with van der Waals surface area (Å²) in [6.07, 6.45) is -0.702. The van der Waals surface area contributed by atoms with E-state index in [1.807, 2.05) is 0 Å². The molecule has 0 aliphatic heterocycles. The van der Waals surface area contributed by atoms with E-state index in [1.54, 1.807) is 24.3 Å². The lowest BCUT2D eigenvalue weighted by Crippen LogP contribution is -2.33. The third-order valence-corrected chi connectivity index (χ3v) is 6.03. The van der Waals surface area contributed by atoms with Crippen molar-refractivity contribution in [3.8, 4) is 28.3 Å². The van der Waals surface area contributed by atoms with E-state index in [0.717, 1.165) is 26.1 Å². The molecular formula is C24H17ClF3N7O3. The van der Waals surface area contributed by atoms with E-state index in [0.29, 0.717) is 21.7 Å². The Labute approximate surface area is 216 Å². The maximum Gasteiger partial charge on any atom is 0.433 e. The molecule has 0 saturated carbocycles. The van der Waals surface area contributed by atoms with Gasteiger partial charge in [-0.1, -0.05) is 29.8 Å². The Morgan fingerprint density at radius 3 is 2.18 bits per heavy atom. The molecule has 0 radical (unpaired) electrons. The number of rotatable bonds is 5. The van der Waals surface area contributed by atoms with Gasteiger partial charge in [0, 0.05) is 41.8 Å². The van der Waals surface area contributed by atoms with Crippen molar-refractivity contribution in [3.05, 3.63) is 92.1 Å². The van der Waals surface area contributed by atoms with Crippen LogP contribution >= 0.6 is 11.6 Å². The number of ether oxygens (including phenoxy) is 1. The monoisotopic (exact) mass is 543 g/mol. The van der Waals surface area contributed by atoms with Crippen molar-refractivity contribution in [2.45, 2.75) is 12.7 Å². The lowest BCUT2D eigenvalue weighted by molar-refractivity contribution is -0.141. The van der Waals surface area contributed by atoms with E-state index >= 15 is 0 Å². The molecule has 0 fully saturated rings. The van der Waals surface area contributed by atoms with Gasteiger partial charge in [0.15, 0.2) is 5.65 Å². The van der Waals surface area contributed by atoms with Crippen LogP contribution in [0.3, 0.4) is 0 Å². The molecule has 1 aromatic carbocycles. The van der Waals surface area contributed by atoms with Crippen LogP contribution in [0.25, 0.3) is 27.9 Å². The van der Waals surface area contributed by atoms with Crippen molar-refractivity contribution >= 4 is 17.2 Å². The molecule has 4 aromatic heterocycles. The molecule has 0 amide bonds. The van der Waals surface area contributed by atoms with Gasteiger partial charge in [-0.25, -0.2) is 24.1 Å². The number of halogens is 4. The van der Waals surface area contributed by atoms with Crippen LogP contribution in [0.2, 0.25) is 5.02 Å². The van der Waals surface area contributed by atoms with Crippen molar-refractivity contribution in [2.24, 2.45) is 7.05 Å². The number of fused-ring (bicyclic) bond motifs is 1. The fraction of sp³-hybridized carbons (Fsp3) is 0.167. The summed E-state index contributed by atoms with van der Waals surface area (Å²) in [5.74, 6) is 0. The van der Waals surface area contributed by atoms with Crippen LogP contribution in [0.15, 0.2) is 64.6 Å².